The van der Waals surface area contributed by atoms with Crippen LogP contribution in [0.5, 0.6) is 0 Å². The summed E-state index contributed by atoms with van der Waals surface area (Å²) in [7, 11) is 1.23. The van der Waals surface area contributed by atoms with Crippen LogP contribution in [-0.4, -0.2) is 60.1 Å². The van der Waals surface area contributed by atoms with Crippen LogP contribution in [-0.2, 0) is 23.9 Å². The average molecular weight is 464 g/mol. The first-order valence-corrected chi connectivity index (χ1v) is 10.8. The number of benzene rings is 1. The molecule has 1 atom stereocenters. The molecule has 1 rings (SSSR count). The highest BCUT2D eigenvalue weighted by Crippen LogP contribution is 2.31. The van der Waals surface area contributed by atoms with Gasteiger partial charge in [-0.1, -0.05) is 23.8 Å². The van der Waals surface area contributed by atoms with E-state index in [2.05, 4.69) is 15.4 Å². The highest BCUT2D eigenvalue weighted by molar-refractivity contribution is 5.92. The molecule has 0 saturated heterocycles. The molecule has 1 aromatic rings. The minimum Gasteiger partial charge on any atom is -0.468 e. The predicted molar refractivity (Wildman–Crippen MR) is 125 cm³/mol. The second kappa shape index (κ2) is 11.2. The zero-order valence-corrected chi connectivity index (χ0v) is 21.1. The van der Waals surface area contributed by atoms with Gasteiger partial charge in [-0.05, 0) is 66.5 Å². The van der Waals surface area contributed by atoms with Gasteiger partial charge in [0.25, 0.3) is 0 Å². The number of nitrogens with one attached hydrogen (secondary N) is 2. The first-order valence-electron chi connectivity index (χ1n) is 10.8. The lowest BCUT2D eigenvalue weighted by Crippen LogP contribution is -2.55. The van der Waals surface area contributed by atoms with E-state index in [1.807, 2.05) is 32.0 Å². The minimum absolute atomic E-state index is 0.334. The van der Waals surface area contributed by atoms with Crippen LogP contribution >= 0.6 is 0 Å². The standard InChI is InChI=1S/C24H37N3O6/c1-15-10-11-16(2)17(12-15)20(21(30)25-14-19(29)32-9)27(23(3,4)5)18(28)13-26-22(31)33-24(6,7)8/h10-12,20H,13-14H2,1-9H3,(H,25,30)(H,26,31). The molecule has 0 aliphatic heterocycles. The van der Waals surface area contributed by atoms with Crippen molar-refractivity contribution in [2.45, 2.75) is 72.6 Å². The van der Waals surface area contributed by atoms with Crippen molar-refractivity contribution < 1.29 is 28.7 Å². The SMILES string of the molecule is COC(=O)CNC(=O)C(c1cc(C)ccc1C)N(C(=O)CNC(=O)OC(C)(C)C)C(C)(C)C. The number of hydrogen-bond acceptors (Lipinski definition) is 6. The monoisotopic (exact) mass is 463 g/mol. The normalized spacial score (nSPS) is 12.4. The number of rotatable bonds is 7. The van der Waals surface area contributed by atoms with E-state index in [-0.39, 0.29) is 13.1 Å². The Morgan fingerprint density at radius 2 is 1.58 bits per heavy atom. The quantitative estimate of drug-likeness (QED) is 0.601. The minimum atomic E-state index is -1.04. The molecule has 33 heavy (non-hydrogen) atoms. The van der Waals surface area contributed by atoms with Crippen molar-refractivity contribution in [3.63, 3.8) is 0 Å². The fraction of sp³-hybridized carbons (Fsp3) is 0.583. The van der Waals surface area contributed by atoms with E-state index in [0.29, 0.717) is 5.56 Å². The third-order valence-electron chi connectivity index (χ3n) is 4.64. The lowest BCUT2D eigenvalue weighted by molar-refractivity contribution is -0.147. The van der Waals surface area contributed by atoms with E-state index in [1.165, 1.54) is 12.0 Å². The molecule has 0 aromatic heterocycles. The molecule has 0 saturated carbocycles. The number of carbonyl (C=O) groups is 4. The van der Waals surface area contributed by atoms with Gasteiger partial charge in [0.2, 0.25) is 11.8 Å². The third-order valence-corrected chi connectivity index (χ3v) is 4.64. The lowest BCUT2D eigenvalue weighted by atomic mass is 9.92. The lowest BCUT2D eigenvalue weighted by Gasteiger charge is -2.41. The highest BCUT2D eigenvalue weighted by atomic mass is 16.6. The Hall–Kier alpha value is -3.10. The smallest absolute Gasteiger partial charge is 0.408 e. The summed E-state index contributed by atoms with van der Waals surface area (Å²) in [5.74, 6) is -1.62. The fourth-order valence-electron chi connectivity index (χ4n) is 3.23. The predicted octanol–water partition coefficient (Wildman–Crippen LogP) is 2.79. The molecule has 9 nitrogen and oxygen atoms in total. The van der Waals surface area contributed by atoms with Gasteiger partial charge in [0.1, 0.15) is 24.7 Å². The van der Waals surface area contributed by atoms with Gasteiger partial charge in [-0.15, -0.1) is 0 Å². The molecule has 0 spiro atoms. The fourth-order valence-corrected chi connectivity index (χ4v) is 3.23. The molecule has 0 aliphatic rings. The van der Waals surface area contributed by atoms with Crippen molar-refractivity contribution in [2.24, 2.45) is 0 Å². The third kappa shape index (κ3) is 8.75. The maximum Gasteiger partial charge on any atom is 0.408 e. The van der Waals surface area contributed by atoms with Gasteiger partial charge in [0.05, 0.1) is 7.11 Å². The van der Waals surface area contributed by atoms with Crippen LogP contribution in [0.2, 0.25) is 0 Å². The maximum absolute atomic E-state index is 13.4. The summed E-state index contributed by atoms with van der Waals surface area (Å²) in [6.45, 7) is 13.6. The molecule has 2 N–H and O–H groups in total. The van der Waals surface area contributed by atoms with Crippen LogP contribution in [0.15, 0.2) is 18.2 Å². The summed E-state index contributed by atoms with van der Waals surface area (Å²) in [5.41, 5.74) is 0.829. The Morgan fingerprint density at radius 1 is 0.970 bits per heavy atom. The molecule has 184 valence electrons. The summed E-state index contributed by atoms with van der Waals surface area (Å²) < 4.78 is 9.82. The molecule has 1 unspecified atom stereocenters. The zero-order valence-electron chi connectivity index (χ0n) is 21.1. The molecule has 0 fully saturated rings. The van der Waals surface area contributed by atoms with Gasteiger partial charge in [-0.2, -0.15) is 0 Å². The first kappa shape index (κ1) is 27.9. The number of aryl methyl sites for hydroxylation is 2. The number of ether oxygens (including phenoxy) is 2. The van der Waals surface area contributed by atoms with E-state index in [1.54, 1.807) is 41.5 Å². The summed E-state index contributed by atoms with van der Waals surface area (Å²) >= 11 is 0. The van der Waals surface area contributed by atoms with Crippen molar-refractivity contribution in [1.29, 1.82) is 0 Å². The van der Waals surface area contributed by atoms with E-state index < -0.39 is 41.1 Å². The average Bonchev–Trinajstić information content (AvgIpc) is 2.67. The number of hydrogen-bond donors (Lipinski definition) is 2. The zero-order chi connectivity index (χ0) is 25.6. The largest absolute Gasteiger partial charge is 0.468 e. The van der Waals surface area contributed by atoms with Crippen LogP contribution in [0.25, 0.3) is 0 Å². The Bertz CT molecular complexity index is 883. The van der Waals surface area contributed by atoms with Crippen molar-refractivity contribution in [1.82, 2.24) is 15.5 Å². The summed E-state index contributed by atoms with van der Waals surface area (Å²) in [6.07, 6.45) is -0.733. The van der Waals surface area contributed by atoms with Crippen LogP contribution in [0.3, 0.4) is 0 Å². The van der Waals surface area contributed by atoms with Crippen molar-refractivity contribution in [3.05, 3.63) is 34.9 Å². The van der Waals surface area contributed by atoms with Crippen molar-refractivity contribution >= 4 is 23.9 Å². The van der Waals surface area contributed by atoms with Crippen LogP contribution < -0.4 is 10.6 Å². The molecule has 0 bridgehead atoms. The van der Waals surface area contributed by atoms with E-state index >= 15 is 0 Å². The van der Waals surface area contributed by atoms with Crippen LogP contribution in [0.4, 0.5) is 4.79 Å². The number of carbonyl (C=O) groups excluding carboxylic acids is 4. The maximum atomic E-state index is 13.4. The van der Waals surface area contributed by atoms with Gasteiger partial charge in [0, 0.05) is 5.54 Å². The topological polar surface area (TPSA) is 114 Å². The highest BCUT2D eigenvalue weighted by Gasteiger charge is 2.39. The Balaban J connectivity index is 3.36. The molecular formula is C24H37N3O6. The first-order chi connectivity index (χ1) is 15.1. The van der Waals surface area contributed by atoms with Crippen LogP contribution in [0, 0.1) is 13.8 Å². The van der Waals surface area contributed by atoms with Crippen LogP contribution in [0.1, 0.15) is 64.3 Å². The van der Waals surface area contributed by atoms with Crippen molar-refractivity contribution in [3.8, 4) is 0 Å². The Labute approximate surface area is 196 Å². The Morgan fingerprint density at radius 3 is 2.09 bits per heavy atom. The number of nitrogens with zero attached hydrogens (tertiary/aromatic N) is 1. The summed E-state index contributed by atoms with van der Waals surface area (Å²) in [5, 5.41) is 5.03. The van der Waals surface area contributed by atoms with Crippen molar-refractivity contribution in [2.75, 3.05) is 20.2 Å². The Kier molecular flexibility index (Phi) is 9.45. The molecule has 0 radical (unpaired) electrons. The molecule has 9 heteroatoms. The molecular weight excluding hydrogens is 426 g/mol. The molecule has 0 aliphatic carbocycles. The number of amides is 3. The van der Waals surface area contributed by atoms with E-state index in [9.17, 15) is 19.2 Å². The van der Waals surface area contributed by atoms with Gasteiger partial charge >= 0.3 is 12.1 Å². The molecule has 0 heterocycles. The second-order valence-corrected chi connectivity index (χ2v) is 9.85. The van der Waals surface area contributed by atoms with E-state index in [0.717, 1.165) is 11.1 Å². The molecule has 1 aromatic carbocycles. The van der Waals surface area contributed by atoms with E-state index in [4.69, 9.17) is 4.74 Å². The van der Waals surface area contributed by atoms with Gasteiger partial charge in [-0.3, -0.25) is 14.4 Å². The second-order valence-electron chi connectivity index (χ2n) is 9.85. The number of methoxy groups -OCH3 is 1. The summed E-state index contributed by atoms with van der Waals surface area (Å²) in [4.78, 5) is 51.8. The number of esters is 1. The summed E-state index contributed by atoms with van der Waals surface area (Å²) in [6, 6.07) is 4.58. The van der Waals surface area contributed by atoms with Gasteiger partial charge in [0.15, 0.2) is 0 Å². The van der Waals surface area contributed by atoms with Gasteiger partial charge in [-0.25, -0.2) is 4.79 Å². The molecule has 3 amide bonds. The number of alkyl carbamates (subject to hydrolysis) is 1. The van der Waals surface area contributed by atoms with Gasteiger partial charge < -0.3 is 25.0 Å².